The second-order valence-electron chi connectivity index (χ2n) is 13.8. The molecule has 4 fully saturated rings. The Morgan fingerprint density at radius 2 is 1.85 bits per heavy atom. The average molecular weight is 707 g/mol. The molecule has 4 unspecified atom stereocenters. The molecule has 2 saturated carbocycles. The fourth-order valence-corrected chi connectivity index (χ4v) is 9.82. The molecule has 0 spiro atoms. The minimum atomic E-state index is -4.13. The molecule has 2 saturated heterocycles. The number of hydrogen-bond donors (Lipinski definition) is 3. The van der Waals surface area contributed by atoms with E-state index in [1.807, 2.05) is 13.8 Å². The van der Waals surface area contributed by atoms with E-state index in [0.717, 1.165) is 42.6 Å². The molecule has 2 aliphatic carbocycles. The predicted octanol–water partition coefficient (Wildman–Crippen LogP) is 4.50. The second kappa shape index (κ2) is 13.4. The summed E-state index contributed by atoms with van der Waals surface area (Å²) in [6, 6.07) is 6.96. The van der Waals surface area contributed by atoms with Gasteiger partial charge in [-0.05, 0) is 67.5 Å². The third kappa shape index (κ3) is 7.17. The molecule has 1 aromatic heterocycles. The van der Waals surface area contributed by atoms with E-state index < -0.39 is 52.5 Å². The van der Waals surface area contributed by atoms with Gasteiger partial charge >= 0.3 is 6.09 Å². The van der Waals surface area contributed by atoms with E-state index in [1.54, 1.807) is 12.1 Å². The van der Waals surface area contributed by atoms with Crippen LogP contribution in [-0.2, 0) is 30.7 Å². The average Bonchev–Trinajstić information content (AvgIpc) is 3.47. The van der Waals surface area contributed by atoms with Crippen molar-refractivity contribution in [1.29, 1.82) is 0 Å². The van der Waals surface area contributed by atoms with E-state index in [0.29, 0.717) is 29.5 Å². The summed E-state index contributed by atoms with van der Waals surface area (Å²) in [6.07, 6.45) is -0.245. The van der Waals surface area contributed by atoms with Gasteiger partial charge in [-0.25, -0.2) is 27.0 Å². The van der Waals surface area contributed by atoms with E-state index in [2.05, 4.69) is 15.6 Å². The molecule has 3 aromatic rings. The Bertz CT molecular complexity index is 1750. The van der Waals surface area contributed by atoms with Crippen molar-refractivity contribution in [3.8, 4) is 0 Å². The summed E-state index contributed by atoms with van der Waals surface area (Å²) >= 11 is 1.38. The molecular formula is C33H40F2N4O7S2. The van der Waals surface area contributed by atoms with Crippen LogP contribution in [-0.4, -0.2) is 85.8 Å². The van der Waals surface area contributed by atoms with E-state index in [4.69, 9.17) is 14.2 Å². The summed E-state index contributed by atoms with van der Waals surface area (Å²) in [6.45, 7) is 4.22. The zero-order valence-electron chi connectivity index (χ0n) is 26.7. The molecular weight excluding hydrogens is 667 g/mol. The van der Waals surface area contributed by atoms with Crippen LogP contribution in [0.2, 0.25) is 0 Å². The van der Waals surface area contributed by atoms with Gasteiger partial charge in [-0.3, -0.25) is 0 Å². The van der Waals surface area contributed by atoms with Gasteiger partial charge in [0.05, 0.1) is 40.5 Å². The first-order valence-electron chi connectivity index (χ1n) is 16.4. The molecule has 2 aliphatic heterocycles. The molecule has 1 amide bonds. The first kappa shape index (κ1) is 33.5. The lowest BCUT2D eigenvalue weighted by atomic mass is 9.98. The summed E-state index contributed by atoms with van der Waals surface area (Å²) in [7, 11) is -4.13. The number of aliphatic hydroxyl groups excluding tert-OH is 1. The number of sulfonamides is 1. The Hall–Kier alpha value is -2.95. The number of nitrogens with one attached hydrogen (secondary N) is 2. The molecule has 2 bridgehead atoms. The Labute approximate surface area is 282 Å². The zero-order chi connectivity index (χ0) is 33.7. The van der Waals surface area contributed by atoms with Gasteiger partial charge in [-0.15, -0.1) is 0 Å². The van der Waals surface area contributed by atoms with Crippen molar-refractivity contribution in [3.63, 3.8) is 0 Å². The number of hydrogen-bond acceptors (Lipinski definition) is 10. The van der Waals surface area contributed by atoms with Crippen LogP contribution in [0.1, 0.15) is 38.7 Å². The highest BCUT2D eigenvalue weighted by atomic mass is 32.2. The first-order chi connectivity index (χ1) is 22.9. The van der Waals surface area contributed by atoms with Crippen molar-refractivity contribution < 1.29 is 41.3 Å². The smallest absolute Gasteiger partial charge is 0.407 e. The largest absolute Gasteiger partial charge is 0.445 e. The summed E-state index contributed by atoms with van der Waals surface area (Å²) in [5.41, 5.74) is 0.860. The fraction of sp³-hybridized carbons (Fsp3) is 0.576. The van der Waals surface area contributed by atoms with E-state index in [-0.39, 0.29) is 53.4 Å². The number of fused-ring (bicyclic) bond motifs is 2. The number of carbonyl (C=O) groups excluding carboxylic acids is 1. The van der Waals surface area contributed by atoms with Gasteiger partial charge in [0.2, 0.25) is 10.0 Å². The number of benzene rings is 2. The van der Waals surface area contributed by atoms with Crippen molar-refractivity contribution in [1.82, 2.24) is 14.6 Å². The van der Waals surface area contributed by atoms with Crippen LogP contribution in [0.15, 0.2) is 41.3 Å². The lowest BCUT2D eigenvalue weighted by Gasteiger charge is -2.31. The molecule has 260 valence electrons. The van der Waals surface area contributed by atoms with Crippen molar-refractivity contribution >= 4 is 42.8 Å². The van der Waals surface area contributed by atoms with Crippen LogP contribution >= 0.6 is 11.3 Å². The quantitative estimate of drug-likeness (QED) is 0.235. The van der Waals surface area contributed by atoms with Crippen LogP contribution in [0.25, 0.3) is 10.2 Å². The number of halogens is 2. The molecule has 4 aliphatic rings. The number of thiazole rings is 1. The van der Waals surface area contributed by atoms with Gasteiger partial charge in [0, 0.05) is 43.0 Å². The second-order valence-corrected chi connectivity index (χ2v) is 16.8. The number of carbonyl (C=O) groups is 1. The Morgan fingerprint density at radius 1 is 1.10 bits per heavy atom. The maximum atomic E-state index is 14.2. The minimum absolute atomic E-state index is 0.00900. The Kier molecular flexibility index (Phi) is 9.36. The molecule has 7 atom stereocenters. The van der Waals surface area contributed by atoms with Gasteiger partial charge < -0.3 is 30.0 Å². The molecule has 7 rings (SSSR count). The lowest BCUT2D eigenvalue weighted by Crippen LogP contribution is -2.52. The Morgan fingerprint density at radius 3 is 2.58 bits per heavy atom. The summed E-state index contributed by atoms with van der Waals surface area (Å²) in [5, 5.41) is 18.4. The van der Waals surface area contributed by atoms with E-state index >= 15 is 0 Å². The van der Waals surface area contributed by atoms with Gasteiger partial charge in [-0.2, -0.15) is 4.31 Å². The molecule has 3 heterocycles. The molecule has 48 heavy (non-hydrogen) atoms. The van der Waals surface area contributed by atoms with Crippen LogP contribution in [0, 0.1) is 35.3 Å². The number of anilines is 1. The molecule has 0 radical (unpaired) electrons. The van der Waals surface area contributed by atoms with Crippen LogP contribution < -0.4 is 10.6 Å². The highest BCUT2D eigenvalue weighted by Gasteiger charge is 2.56. The maximum Gasteiger partial charge on any atom is 0.407 e. The van der Waals surface area contributed by atoms with Gasteiger partial charge in [-0.1, -0.05) is 25.2 Å². The monoisotopic (exact) mass is 706 g/mol. The van der Waals surface area contributed by atoms with E-state index in [9.17, 15) is 27.1 Å². The van der Waals surface area contributed by atoms with Crippen LogP contribution in [0.5, 0.6) is 0 Å². The third-order valence-corrected chi connectivity index (χ3v) is 12.3. The molecule has 3 N–H and O–H groups in total. The highest BCUT2D eigenvalue weighted by molar-refractivity contribution is 7.89. The fourth-order valence-electron chi connectivity index (χ4n) is 7.12. The van der Waals surface area contributed by atoms with Gasteiger partial charge in [0.15, 0.2) is 11.4 Å². The molecule has 2 aromatic carbocycles. The van der Waals surface area contributed by atoms with Crippen molar-refractivity contribution in [2.24, 2.45) is 23.7 Å². The third-order valence-electron chi connectivity index (χ3n) is 9.54. The van der Waals surface area contributed by atoms with Crippen LogP contribution in [0.4, 0.5) is 18.7 Å². The first-order valence-corrected chi connectivity index (χ1v) is 18.7. The summed E-state index contributed by atoms with van der Waals surface area (Å²) in [4.78, 5) is 18.0. The van der Waals surface area contributed by atoms with Gasteiger partial charge in [0.1, 0.15) is 17.7 Å². The van der Waals surface area contributed by atoms with Crippen molar-refractivity contribution in [2.45, 2.75) is 75.0 Å². The zero-order valence-corrected chi connectivity index (χ0v) is 28.3. The van der Waals surface area contributed by atoms with Gasteiger partial charge in [0.25, 0.3) is 0 Å². The number of aliphatic hydroxyl groups is 1. The number of nitrogens with zero attached hydrogens (tertiary/aromatic N) is 2. The number of rotatable bonds is 13. The lowest BCUT2D eigenvalue weighted by molar-refractivity contribution is -0.169. The number of aromatic nitrogens is 1. The summed E-state index contributed by atoms with van der Waals surface area (Å²) < 4.78 is 75.8. The number of alkyl carbamates (subject to hydrolysis) is 1. The van der Waals surface area contributed by atoms with Crippen molar-refractivity contribution in [2.75, 3.05) is 31.6 Å². The van der Waals surface area contributed by atoms with Crippen LogP contribution in [0.3, 0.4) is 0 Å². The topological polar surface area (TPSA) is 139 Å². The maximum absolute atomic E-state index is 14.2. The molecule has 15 heteroatoms. The summed E-state index contributed by atoms with van der Waals surface area (Å²) in [5.74, 6) is -1.60. The standard InChI is InChI=1S/C33H40F2N4O7S2/c1-17(2)13-39(48(42,43)23-5-6-26-29(12-23)47-32(37-26)36-22-3-4-22)14-28(40)27(9-18-7-20(34)11-21(35)8-18)38-33(41)46-30-19-10-24-25(30)16-45-31(24)44-15-19/h5-8,11-12,17,19,22,24-25,27-28,30-31,40H,3-4,9-10,13-16H2,1-2H3,(H,36,37)(H,38,41)/t19?,24-,25?,27-,28+,30?,31?/m0/s1. The minimum Gasteiger partial charge on any atom is -0.445 e. The highest BCUT2D eigenvalue weighted by Crippen LogP contribution is 2.49. The Balaban J connectivity index is 1.11. The number of amides is 1. The van der Waals surface area contributed by atoms with E-state index in [1.165, 1.54) is 21.7 Å². The molecule has 11 nitrogen and oxygen atoms in total. The normalized spacial score (nSPS) is 26.3. The SMILES string of the molecule is CC(C)CN(C[C@@H](O)[C@H](Cc1cc(F)cc(F)c1)NC(=O)OC1C2COC3OCC1[C@@H]3C2)S(=O)(=O)c1ccc2nc(NC3CC3)sc2c1. The predicted molar refractivity (Wildman–Crippen MR) is 174 cm³/mol. The van der Waals surface area contributed by atoms with Crippen molar-refractivity contribution in [3.05, 3.63) is 53.6 Å². The number of ether oxygens (including phenoxy) is 3.